The molecule has 2 atom stereocenters. The van der Waals surface area contributed by atoms with E-state index in [4.69, 9.17) is 0 Å². The number of anilines is 1. The maximum atomic E-state index is 13.8. The number of nitrogens with zero attached hydrogens (tertiary/aromatic N) is 5. The smallest absolute Gasteiger partial charge is 0.376 e. The van der Waals surface area contributed by atoms with E-state index in [1.165, 1.54) is 41.3 Å². The Kier molecular flexibility index (Phi) is 6.99. The van der Waals surface area contributed by atoms with Gasteiger partial charge in [-0.2, -0.15) is 35.7 Å². The van der Waals surface area contributed by atoms with Gasteiger partial charge >= 0.3 is 12.4 Å². The van der Waals surface area contributed by atoms with Crippen molar-refractivity contribution in [1.82, 2.24) is 19.1 Å². The second kappa shape index (κ2) is 9.54. The summed E-state index contributed by atoms with van der Waals surface area (Å²) in [4.78, 5) is 4.93. The first-order valence-electron chi connectivity index (χ1n) is 11.3. The highest BCUT2D eigenvalue weighted by Crippen LogP contribution is 2.40. The lowest BCUT2D eigenvalue weighted by Crippen LogP contribution is -2.54. The predicted molar refractivity (Wildman–Crippen MR) is 124 cm³/mol. The molecule has 206 valence electrons. The van der Waals surface area contributed by atoms with Gasteiger partial charge in [0.2, 0.25) is 10.0 Å². The van der Waals surface area contributed by atoms with E-state index in [2.05, 4.69) is 10.1 Å². The van der Waals surface area contributed by atoms with Gasteiger partial charge in [0.25, 0.3) is 0 Å². The van der Waals surface area contributed by atoms with Crippen molar-refractivity contribution in [3.8, 4) is 5.69 Å². The van der Waals surface area contributed by atoms with E-state index in [9.17, 15) is 39.9 Å². The van der Waals surface area contributed by atoms with Gasteiger partial charge in [-0.25, -0.2) is 18.1 Å². The summed E-state index contributed by atoms with van der Waals surface area (Å²) >= 11 is 0. The third kappa shape index (κ3) is 5.09. The molecule has 0 spiro atoms. The molecular formula is C23H23F6N5O3S. The van der Waals surface area contributed by atoms with Crippen LogP contribution >= 0.6 is 0 Å². The van der Waals surface area contributed by atoms with E-state index in [0.717, 1.165) is 34.6 Å². The van der Waals surface area contributed by atoms with Crippen LogP contribution in [0.1, 0.15) is 25.0 Å². The van der Waals surface area contributed by atoms with Crippen LogP contribution in [0.25, 0.3) is 5.69 Å². The number of piperazine rings is 1. The normalized spacial score (nSPS) is 19.4. The van der Waals surface area contributed by atoms with Crippen molar-refractivity contribution in [1.29, 1.82) is 0 Å². The maximum absolute atomic E-state index is 13.8. The lowest BCUT2D eigenvalue weighted by molar-refractivity contribution is -0.258. The molecule has 0 aliphatic carbocycles. The number of hydrogen-bond acceptors (Lipinski definition) is 6. The molecule has 0 radical (unpaired) electrons. The Hall–Kier alpha value is -3.17. The summed E-state index contributed by atoms with van der Waals surface area (Å²) in [5.41, 5.74) is -4.41. The van der Waals surface area contributed by atoms with Crippen molar-refractivity contribution < 1.29 is 39.9 Å². The van der Waals surface area contributed by atoms with Gasteiger partial charge in [-0.1, -0.05) is 12.1 Å². The monoisotopic (exact) mass is 563 g/mol. The summed E-state index contributed by atoms with van der Waals surface area (Å²) in [5, 5.41) is 13.8. The van der Waals surface area contributed by atoms with Crippen LogP contribution in [0.4, 0.5) is 32.0 Å². The summed E-state index contributed by atoms with van der Waals surface area (Å²) in [6.07, 6.45) is -7.07. The number of rotatable bonds is 5. The van der Waals surface area contributed by atoms with Crippen LogP contribution < -0.4 is 4.90 Å². The lowest BCUT2D eigenvalue weighted by Gasteiger charge is -2.41. The Labute approximate surface area is 214 Å². The van der Waals surface area contributed by atoms with E-state index in [-0.39, 0.29) is 30.2 Å². The molecule has 2 heterocycles. The van der Waals surface area contributed by atoms with Crippen LogP contribution in [0.5, 0.6) is 0 Å². The van der Waals surface area contributed by atoms with Gasteiger partial charge in [0.15, 0.2) is 5.60 Å². The molecule has 0 saturated carbocycles. The van der Waals surface area contributed by atoms with Gasteiger partial charge in [-0.3, -0.25) is 0 Å². The summed E-state index contributed by atoms with van der Waals surface area (Å²) < 4.78 is 110. The van der Waals surface area contributed by atoms with Crippen LogP contribution in [-0.4, -0.2) is 64.4 Å². The molecule has 1 N–H and O–H groups in total. The topological polar surface area (TPSA) is 91.6 Å². The molecule has 1 aliphatic rings. The Balaban J connectivity index is 1.59. The lowest BCUT2D eigenvalue weighted by atomic mass is 9.96. The van der Waals surface area contributed by atoms with Gasteiger partial charge in [0.1, 0.15) is 12.7 Å². The fourth-order valence-corrected chi connectivity index (χ4v) is 5.89. The molecule has 1 saturated heterocycles. The molecule has 0 amide bonds. The van der Waals surface area contributed by atoms with Crippen molar-refractivity contribution in [3.63, 3.8) is 0 Å². The van der Waals surface area contributed by atoms with Gasteiger partial charge in [-0.05, 0) is 49.7 Å². The fourth-order valence-electron chi connectivity index (χ4n) is 4.27. The number of aliphatic hydroxyl groups is 1. The van der Waals surface area contributed by atoms with Gasteiger partial charge in [0.05, 0.1) is 21.8 Å². The summed E-state index contributed by atoms with van der Waals surface area (Å²) in [7, 11) is -4.20. The summed E-state index contributed by atoms with van der Waals surface area (Å²) in [6.45, 7) is 1.76. The molecule has 1 aromatic heterocycles. The number of aromatic nitrogens is 3. The first kappa shape index (κ1) is 27.9. The van der Waals surface area contributed by atoms with E-state index in [0.29, 0.717) is 12.6 Å². The molecule has 15 heteroatoms. The highest BCUT2D eigenvalue weighted by molar-refractivity contribution is 7.89. The van der Waals surface area contributed by atoms with E-state index >= 15 is 0 Å². The molecule has 38 heavy (non-hydrogen) atoms. The molecule has 8 nitrogen and oxygen atoms in total. The molecule has 3 aromatic rings. The molecule has 0 bridgehead atoms. The second-order valence-electron chi connectivity index (χ2n) is 9.04. The van der Waals surface area contributed by atoms with Gasteiger partial charge in [-0.15, -0.1) is 0 Å². The molecule has 4 rings (SSSR count). The van der Waals surface area contributed by atoms with Crippen LogP contribution in [0, 0.1) is 0 Å². The van der Waals surface area contributed by atoms with Crippen LogP contribution in [0.15, 0.2) is 60.0 Å². The minimum absolute atomic E-state index is 0.0751. The minimum Gasteiger partial charge on any atom is -0.376 e. The zero-order valence-electron chi connectivity index (χ0n) is 20.1. The summed E-state index contributed by atoms with van der Waals surface area (Å²) in [6, 6.07) is 6.41. The zero-order valence-corrected chi connectivity index (χ0v) is 20.9. The molecule has 2 aromatic carbocycles. The number of alkyl halides is 6. The first-order chi connectivity index (χ1) is 17.5. The Bertz CT molecular complexity index is 1390. The van der Waals surface area contributed by atoms with E-state index in [1.807, 2.05) is 0 Å². The highest BCUT2D eigenvalue weighted by Gasteiger charge is 2.51. The highest BCUT2D eigenvalue weighted by atomic mass is 32.2. The van der Waals surface area contributed by atoms with Crippen molar-refractivity contribution in [2.45, 2.75) is 42.7 Å². The average molecular weight is 564 g/mol. The van der Waals surface area contributed by atoms with Crippen LogP contribution in [0.2, 0.25) is 0 Å². The predicted octanol–water partition coefficient (Wildman–Crippen LogP) is 3.96. The first-order valence-corrected chi connectivity index (χ1v) is 12.7. The van der Waals surface area contributed by atoms with Crippen LogP contribution in [-0.2, 0) is 21.8 Å². The minimum atomic E-state index is -4.97. The number of halogens is 6. The maximum Gasteiger partial charge on any atom is 0.421 e. The SMILES string of the molecule is C[C@@H]1CN(c2cc(-n3cncn3)ccc2C(F)(F)F)CCN1S(=O)(=O)c1ccc(C(C)(O)C(F)(F)F)cc1. The molecular weight excluding hydrogens is 540 g/mol. The zero-order chi connectivity index (χ0) is 28.1. The van der Waals surface area contributed by atoms with E-state index in [1.54, 1.807) is 0 Å². The Morgan fingerprint density at radius 2 is 1.66 bits per heavy atom. The van der Waals surface area contributed by atoms with Crippen molar-refractivity contribution in [3.05, 3.63) is 66.2 Å². The fraction of sp³-hybridized carbons (Fsp3) is 0.391. The van der Waals surface area contributed by atoms with E-state index < -0.39 is 45.1 Å². The van der Waals surface area contributed by atoms with Crippen molar-refractivity contribution in [2.75, 3.05) is 24.5 Å². The Morgan fingerprint density at radius 1 is 1.00 bits per heavy atom. The number of hydrogen-bond donors (Lipinski definition) is 1. The Morgan fingerprint density at radius 3 is 2.18 bits per heavy atom. The largest absolute Gasteiger partial charge is 0.421 e. The molecule has 1 fully saturated rings. The van der Waals surface area contributed by atoms with Gasteiger partial charge < -0.3 is 10.0 Å². The van der Waals surface area contributed by atoms with Crippen LogP contribution in [0.3, 0.4) is 0 Å². The number of benzene rings is 2. The van der Waals surface area contributed by atoms with Crippen molar-refractivity contribution in [2.24, 2.45) is 0 Å². The third-order valence-corrected chi connectivity index (χ3v) is 8.48. The van der Waals surface area contributed by atoms with Crippen molar-refractivity contribution >= 4 is 15.7 Å². The molecule has 1 unspecified atom stereocenters. The molecule has 1 aliphatic heterocycles. The average Bonchev–Trinajstić information content (AvgIpc) is 3.37. The quantitative estimate of drug-likeness (QED) is 0.473. The second-order valence-corrected chi connectivity index (χ2v) is 10.9. The third-order valence-electron chi connectivity index (χ3n) is 6.45. The summed E-state index contributed by atoms with van der Waals surface area (Å²) in [5.74, 6) is 0. The van der Waals surface area contributed by atoms with Gasteiger partial charge in [0, 0.05) is 25.7 Å². The standard InChI is InChI=1S/C23H23F6N5O3S/c1-15-12-32(20-11-17(33-14-30-13-31-33)5-8-19(20)22(24,25)26)9-10-34(15)38(36,37)18-6-3-16(4-7-18)21(2,35)23(27,28)29/h3-8,11,13-15,35H,9-10,12H2,1-2H3/t15-,21?/m1/s1. The number of sulfonamides is 1.